The van der Waals surface area contributed by atoms with E-state index in [9.17, 15) is 5.11 Å². The van der Waals surface area contributed by atoms with Crippen LogP contribution in [0.2, 0.25) is 0 Å². The van der Waals surface area contributed by atoms with Crippen molar-refractivity contribution in [1.82, 2.24) is 0 Å². The first-order valence-corrected chi connectivity index (χ1v) is 15.7. The summed E-state index contributed by atoms with van der Waals surface area (Å²) in [4.78, 5) is 0. The predicted octanol–water partition coefficient (Wildman–Crippen LogP) is 7.24. The fraction of sp³-hybridized carbons (Fsp3) is 0.806. The van der Waals surface area contributed by atoms with Crippen molar-refractivity contribution in [2.45, 2.75) is 130 Å². The fourth-order valence-corrected chi connectivity index (χ4v) is 5.69. The Balaban J connectivity index is 2.47. The first-order chi connectivity index (χ1) is 18.4. The molecule has 1 aromatic carbocycles. The third-order valence-corrected chi connectivity index (χ3v) is 7.64. The van der Waals surface area contributed by atoms with Gasteiger partial charge in [-0.3, -0.25) is 0 Å². The van der Waals surface area contributed by atoms with E-state index in [2.05, 4.69) is 43.6 Å². The van der Waals surface area contributed by atoms with Crippen LogP contribution in [0.15, 0.2) is 16.6 Å². The standard InChI is InChI=1S/C31H53BrO6/c1-7-11-15-34-21-25-28(35-16-12-8-2)30(36-17-13-9-3)31(37-18-14-10-4)29(38-25)27(33)26-22(5)19-24(32)20-23(26)6/h19-20,25,27-31,33H,7-18,21H2,1-6H3/t25?,27-,28-,29-,30?,31?/m1/s1. The predicted molar refractivity (Wildman–Crippen MR) is 157 cm³/mol. The van der Waals surface area contributed by atoms with Crippen molar-refractivity contribution >= 4 is 15.9 Å². The highest BCUT2D eigenvalue weighted by atomic mass is 79.9. The average molecular weight is 602 g/mol. The molecule has 0 radical (unpaired) electrons. The van der Waals surface area contributed by atoms with Crippen molar-refractivity contribution < 1.29 is 28.8 Å². The van der Waals surface area contributed by atoms with Gasteiger partial charge in [-0.25, -0.2) is 0 Å². The van der Waals surface area contributed by atoms with Crippen LogP contribution in [-0.4, -0.2) is 68.7 Å². The first kappa shape index (κ1) is 33.7. The van der Waals surface area contributed by atoms with Crippen molar-refractivity contribution in [3.8, 4) is 0 Å². The number of halogens is 1. The summed E-state index contributed by atoms with van der Waals surface area (Å²) >= 11 is 3.59. The number of hydrogen-bond acceptors (Lipinski definition) is 6. The van der Waals surface area contributed by atoms with Crippen molar-refractivity contribution in [3.05, 3.63) is 33.3 Å². The van der Waals surface area contributed by atoms with E-state index < -0.39 is 18.3 Å². The summed E-state index contributed by atoms with van der Waals surface area (Å²) in [6.07, 6.45) is 5.03. The van der Waals surface area contributed by atoms with Gasteiger partial charge in [-0.15, -0.1) is 0 Å². The van der Waals surface area contributed by atoms with Crippen LogP contribution in [-0.2, 0) is 23.7 Å². The van der Waals surface area contributed by atoms with E-state index in [4.69, 9.17) is 23.7 Å². The van der Waals surface area contributed by atoms with Crippen LogP contribution in [0.5, 0.6) is 0 Å². The van der Waals surface area contributed by atoms with Gasteiger partial charge in [0.1, 0.15) is 36.6 Å². The van der Waals surface area contributed by atoms with Gasteiger partial charge in [0, 0.05) is 30.9 Å². The molecule has 1 aromatic rings. The molecule has 2 rings (SSSR count). The van der Waals surface area contributed by atoms with Gasteiger partial charge in [-0.2, -0.15) is 0 Å². The van der Waals surface area contributed by atoms with Crippen LogP contribution in [0.3, 0.4) is 0 Å². The Bertz CT molecular complexity index is 752. The summed E-state index contributed by atoms with van der Waals surface area (Å²) in [5.74, 6) is 0. The van der Waals surface area contributed by atoms with Crippen LogP contribution in [0, 0.1) is 13.8 Å². The molecule has 220 valence electrons. The second-order valence-electron chi connectivity index (χ2n) is 10.5. The summed E-state index contributed by atoms with van der Waals surface area (Å²) in [6.45, 7) is 15.6. The minimum Gasteiger partial charge on any atom is -0.386 e. The number of aliphatic hydroxyl groups excluding tert-OH is 1. The van der Waals surface area contributed by atoms with E-state index in [1.807, 2.05) is 26.0 Å². The lowest BCUT2D eigenvalue weighted by Crippen LogP contribution is -2.62. The first-order valence-electron chi connectivity index (χ1n) is 14.9. The van der Waals surface area contributed by atoms with E-state index in [-0.39, 0.29) is 18.3 Å². The molecule has 6 nitrogen and oxygen atoms in total. The van der Waals surface area contributed by atoms with E-state index in [0.717, 1.165) is 72.5 Å². The molecule has 7 heteroatoms. The molecule has 1 fully saturated rings. The van der Waals surface area contributed by atoms with Crippen molar-refractivity contribution in [1.29, 1.82) is 0 Å². The Morgan fingerprint density at radius 2 is 1.24 bits per heavy atom. The fourth-order valence-electron chi connectivity index (χ4n) is 5.00. The van der Waals surface area contributed by atoms with E-state index >= 15 is 0 Å². The summed E-state index contributed by atoms with van der Waals surface area (Å²) in [5, 5.41) is 11.9. The third-order valence-electron chi connectivity index (χ3n) is 7.18. The van der Waals surface area contributed by atoms with Crippen LogP contribution >= 0.6 is 15.9 Å². The number of aryl methyl sites for hydroxylation is 2. The molecule has 1 saturated heterocycles. The topological polar surface area (TPSA) is 66.4 Å². The number of unbranched alkanes of at least 4 members (excludes halogenated alkanes) is 4. The summed E-state index contributed by atoms with van der Waals surface area (Å²) in [7, 11) is 0. The molecule has 0 aliphatic carbocycles. The SMILES string of the molecule is CCCCOCC1O[C@H]([C@H](O)c2c(C)cc(Br)cc2C)C(OCCCC)C(OCCCC)[C@@H]1OCCCC. The number of aliphatic hydroxyl groups is 1. The quantitative estimate of drug-likeness (QED) is 0.169. The normalized spacial score (nSPS) is 24.6. The summed E-state index contributed by atoms with van der Waals surface area (Å²) in [5.41, 5.74) is 2.91. The Morgan fingerprint density at radius 1 is 0.763 bits per heavy atom. The zero-order valence-corrected chi connectivity index (χ0v) is 26.3. The van der Waals surface area contributed by atoms with Gasteiger partial charge in [0.2, 0.25) is 0 Å². The highest BCUT2D eigenvalue weighted by molar-refractivity contribution is 9.10. The molecular weight excluding hydrogens is 548 g/mol. The molecule has 1 N–H and O–H groups in total. The number of benzene rings is 1. The Kier molecular flexibility index (Phi) is 16.6. The summed E-state index contributed by atoms with van der Waals surface area (Å²) < 4.78 is 33.3. The van der Waals surface area contributed by atoms with Gasteiger partial charge in [0.05, 0.1) is 6.61 Å². The zero-order chi connectivity index (χ0) is 27.9. The highest BCUT2D eigenvalue weighted by Gasteiger charge is 2.51. The number of hydrogen-bond donors (Lipinski definition) is 1. The van der Waals surface area contributed by atoms with Crippen LogP contribution in [0.25, 0.3) is 0 Å². The molecule has 0 spiro atoms. The molecule has 0 saturated carbocycles. The molecule has 1 aliphatic rings. The van der Waals surface area contributed by atoms with Gasteiger partial charge >= 0.3 is 0 Å². The number of rotatable bonds is 19. The van der Waals surface area contributed by atoms with Gasteiger partial charge < -0.3 is 28.8 Å². The Morgan fingerprint density at radius 3 is 1.76 bits per heavy atom. The molecule has 0 aromatic heterocycles. The highest BCUT2D eigenvalue weighted by Crippen LogP contribution is 2.38. The van der Waals surface area contributed by atoms with E-state index in [1.165, 1.54) is 0 Å². The molecule has 3 unspecified atom stereocenters. The molecule has 0 bridgehead atoms. The minimum atomic E-state index is -0.873. The lowest BCUT2D eigenvalue weighted by atomic mass is 9.86. The van der Waals surface area contributed by atoms with Gasteiger partial charge in [-0.05, 0) is 68.4 Å². The summed E-state index contributed by atoms with van der Waals surface area (Å²) in [6, 6.07) is 4.08. The van der Waals surface area contributed by atoms with Gasteiger partial charge in [0.25, 0.3) is 0 Å². The van der Waals surface area contributed by atoms with Crippen molar-refractivity contribution in [2.75, 3.05) is 33.0 Å². The van der Waals surface area contributed by atoms with E-state index in [0.29, 0.717) is 33.0 Å². The second-order valence-corrected chi connectivity index (χ2v) is 11.4. The largest absolute Gasteiger partial charge is 0.386 e. The molecule has 38 heavy (non-hydrogen) atoms. The molecule has 1 aliphatic heterocycles. The molecule has 6 atom stereocenters. The van der Waals surface area contributed by atoms with Gasteiger partial charge in [-0.1, -0.05) is 69.3 Å². The van der Waals surface area contributed by atoms with Crippen LogP contribution < -0.4 is 0 Å². The van der Waals surface area contributed by atoms with Crippen molar-refractivity contribution in [2.24, 2.45) is 0 Å². The zero-order valence-electron chi connectivity index (χ0n) is 24.7. The van der Waals surface area contributed by atoms with Gasteiger partial charge in [0.15, 0.2) is 0 Å². The third kappa shape index (κ3) is 10.1. The van der Waals surface area contributed by atoms with Crippen LogP contribution in [0.1, 0.15) is 102 Å². The maximum atomic E-state index is 11.9. The maximum absolute atomic E-state index is 11.9. The Hall–Kier alpha value is -0.540. The molecule has 1 heterocycles. The molecular formula is C31H53BrO6. The monoisotopic (exact) mass is 600 g/mol. The lowest BCUT2D eigenvalue weighted by molar-refractivity contribution is -0.281. The average Bonchev–Trinajstić information content (AvgIpc) is 2.88. The van der Waals surface area contributed by atoms with Crippen LogP contribution in [0.4, 0.5) is 0 Å². The smallest absolute Gasteiger partial charge is 0.117 e. The maximum Gasteiger partial charge on any atom is 0.117 e. The minimum absolute atomic E-state index is 0.331. The molecule has 0 amide bonds. The second kappa shape index (κ2) is 18.7. The van der Waals surface area contributed by atoms with E-state index in [1.54, 1.807) is 0 Å². The van der Waals surface area contributed by atoms with Crippen molar-refractivity contribution in [3.63, 3.8) is 0 Å². The lowest BCUT2D eigenvalue weighted by Gasteiger charge is -2.48. The number of ether oxygens (including phenoxy) is 5. The Labute approximate surface area is 240 Å².